The maximum absolute atomic E-state index is 13.1. The van der Waals surface area contributed by atoms with E-state index >= 15 is 0 Å². The van der Waals surface area contributed by atoms with E-state index in [9.17, 15) is 61.0 Å². The zero-order chi connectivity index (χ0) is 49.1. The van der Waals surface area contributed by atoms with Crippen LogP contribution >= 0.6 is 0 Å². The molecule has 3 saturated heterocycles. The van der Waals surface area contributed by atoms with E-state index in [0.29, 0.717) is 12.8 Å². The Balaban J connectivity index is 1.60. The van der Waals surface area contributed by atoms with Gasteiger partial charge in [0.2, 0.25) is 5.91 Å². The first kappa shape index (κ1) is 59.3. The molecule has 3 rings (SSSR count). The number of aliphatic hydroxyl groups excluding tert-OH is 11. The predicted molar refractivity (Wildman–Crippen MR) is 245 cm³/mol. The number of ether oxygens (including phenoxy) is 6. The minimum Gasteiger partial charge on any atom is -0.394 e. The van der Waals surface area contributed by atoms with Crippen LogP contribution in [0.15, 0.2) is 36.5 Å². The minimum atomic E-state index is -1.98. The number of nitrogens with one attached hydrogen (secondary N) is 1. The fourth-order valence-electron chi connectivity index (χ4n) is 8.18. The topological polar surface area (TPSA) is 307 Å². The van der Waals surface area contributed by atoms with E-state index in [1.54, 1.807) is 6.08 Å². The van der Waals surface area contributed by atoms with Gasteiger partial charge in [-0.25, -0.2) is 0 Å². The van der Waals surface area contributed by atoms with Crippen LogP contribution in [0.5, 0.6) is 0 Å². The number of hydrogen-bond donors (Lipinski definition) is 12. The van der Waals surface area contributed by atoms with Gasteiger partial charge in [-0.05, 0) is 51.4 Å². The zero-order valence-corrected chi connectivity index (χ0v) is 39.6. The molecule has 0 aromatic carbocycles. The summed E-state index contributed by atoms with van der Waals surface area (Å²) in [5, 5.41) is 119. The fraction of sp³-hybridized carbons (Fsp3) is 0.854. The summed E-state index contributed by atoms with van der Waals surface area (Å²) in [5.41, 5.74) is 0. The maximum Gasteiger partial charge on any atom is 0.220 e. The molecule has 0 aromatic heterocycles. The predicted octanol–water partition coefficient (Wildman–Crippen LogP) is 1.03. The fourth-order valence-corrected chi connectivity index (χ4v) is 8.18. The molecule has 67 heavy (non-hydrogen) atoms. The summed E-state index contributed by atoms with van der Waals surface area (Å²) < 4.78 is 34.0. The Morgan fingerprint density at radius 3 is 1.54 bits per heavy atom. The molecule has 0 saturated carbocycles. The van der Waals surface area contributed by atoms with Crippen molar-refractivity contribution in [1.29, 1.82) is 0 Å². The van der Waals surface area contributed by atoms with E-state index in [-0.39, 0.29) is 18.9 Å². The third-order valence-electron chi connectivity index (χ3n) is 12.4. The highest BCUT2D eigenvalue weighted by Crippen LogP contribution is 2.33. The number of carbonyl (C=O) groups is 1. The van der Waals surface area contributed by atoms with Crippen molar-refractivity contribution in [2.45, 2.75) is 234 Å². The van der Waals surface area contributed by atoms with E-state index in [2.05, 4.69) is 43.5 Å². The Morgan fingerprint density at radius 1 is 0.522 bits per heavy atom. The standard InChI is InChI=1S/C48H85NO18/c1-3-5-7-9-11-13-15-17-19-21-23-25-32(53)31(49-36(54)26-24-22-20-18-16-14-12-10-8-6-4-2)30-62-46-42(60)39(57)44(34(28-51)64-46)67-48-43(61)40(58)45(35(29-52)65-48)66-47-41(59)38(56)37(55)33(27-50)63-47/h10,12,15,17,23,25,31-35,37-48,50-53,55-61H,3-9,11,13-14,16,18-22,24,26-30H2,1-2H3,(H,49,54)/b12-10-,17-15+,25-23+. The van der Waals surface area contributed by atoms with Crippen LogP contribution in [0.25, 0.3) is 0 Å². The highest BCUT2D eigenvalue weighted by Gasteiger charge is 2.53. The Morgan fingerprint density at radius 2 is 0.970 bits per heavy atom. The van der Waals surface area contributed by atoms with Gasteiger partial charge in [0.05, 0.1) is 38.6 Å². The second-order valence-electron chi connectivity index (χ2n) is 17.9. The maximum atomic E-state index is 13.1. The van der Waals surface area contributed by atoms with Crippen molar-refractivity contribution in [3.05, 3.63) is 36.5 Å². The Kier molecular flexibility index (Phi) is 29.7. The molecule has 0 aliphatic carbocycles. The van der Waals surface area contributed by atoms with Crippen molar-refractivity contribution in [3.8, 4) is 0 Å². The van der Waals surface area contributed by atoms with E-state index in [1.807, 2.05) is 6.08 Å². The molecule has 3 aliphatic rings. The van der Waals surface area contributed by atoms with Gasteiger partial charge in [-0.2, -0.15) is 0 Å². The molecule has 12 N–H and O–H groups in total. The molecule has 0 spiro atoms. The summed E-state index contributed by atoms with van der Waals surface area (Å²) in [6.07, 6.45) is 3.14. The first-order chi connectivity index (χ1) is 32.3. The first-order valence-corrected chi connectivity index (χ1v) is 24.7. The summed E-state index contributed by atoms with van der Waals surface area (Å²) in [5.74, 6) is -0.302. The lowest BCUT2D eigenvalue weighted by atomic mass is 9.96. The quantitative estimate of drug-likeness (QED) is 0.0323. The van der Waals surface area contributed by atoms with Gasteiger partial charge in [-0.3, -0.25) is 4.79 Å². The summed E-state index contributed by atoms with van der Waals surface area (Å²) >= 11 is 0. The monoisotopic (exact) mass is 964 g/mol. The van der Waals surface area contributed by atoms with Crippen LogP contribution in [0.4, 0.5) is 0 Å². The second kappa shape index (κ2) is 33.6. The molecule has 390 valence electrons. The average Bonchev–Trinajstić information content (AvgIpc) is 3.32. The summed E-state index contributed by atoms with van der Waals surface area (Å²) in [6, 6.07) is -0.989. The van der Waals surface area contributed by atoms with Crippen molar-refractivity contribution in [1.82, 2.24) is 5.32 Å². The molecular formula is C48H85NO18. The molecule has 3 aliphatic heterocycles. The van der Waals surface area contributed by atoms with Crippen molar-refractivity contribution < 1.29 is 89.4 Å². The normalized spacial score (nSPS) is 33.8. The van der Waals surface area contributed by atoms with Crippen LogP contribution in [-0.2, 0) is 33.2 Å². The number of aliphatic hydroxyl groups is 11. The van der Waals surface area contributed by atoms with Crippen LogP contribution in [-0.4, -0.2) is 193 Å². The molecule has 1 amide bonds. The van der Waals surface area contributed by atoms with E-state index in [1.165, 1.54) is 38.5 Å². The SMILES string of the molecule is CCCC/C=C\CCCCCCCC(=O)NC(COC1OC(CO)C(OC2OC(CO)C(OC3OC(CO)C(O)C(O)C3O)C(O)C2O)C(O)C1O)C(O)/C=C/CC/C=C/CCCCCCC. The van der Waals surface area contributed by atoms with Gasteiger partial charge in [0.25, 0.3) is 0 Å². The van der Waals surface area contributed by atoms with Gasteiger partial charge in [0, 0.05) is 6.42 Å². The number of hydrogen-bond acceptors (Lipinski definition) is 18. The first-order valence-electron chi connectivity index (χ1n) is 24.7. The van der Waals surface area contributed by atoms with Gasteiger partial charge in [-0.15, -0.1) is 0 Å². The minimum absolute atomic E-state index is 0.224. The lowest BCUT2D eigenvalue weighted by Gasteiger charge is -2.48. The largest absolute Gasteiger partial charge is 0.394 e. The molecular weight excluding hydrogens is 879 g/mol. The molecule has 0 bridgehead atoms. The molecule has 3 fully saturated rings. The van der Waals surface area contributed by atoms with Gasteiger partial charge in [-0.1, -0.05) is 108 Å². The van der Waals surface area contributed by atoms with Crippen molar-refractivity contribution in [2.75, 3.05) is 26.4 Å². The lowest BCUT2D eigenvalue weighted by molar-refractivity contribution is -0.379. The molecule has 0 radical (unpaired) electrons. The van der Waals surface area contributed by atoms with Crippen LogP contribution in [0.2, 0.25) is 0 Å². The summed E-state index contributed by atoms with van der Waals surface area (Å²) in [7, 11) is 0. The van der Waals surface area contributed by atoms with E-state index < -0.39 is 124 Å². The van der Waals surface area contributed by atoms with Gasteiger partial charge in [0.15, 0.2) is 18.9 Å². The Bertz CT molecular complexity index is 1390. The van der Waals surface area contributed by atoms with E-state index in [4.69, 9.17) is 28.4 Å². The number of unbranched alkanes of at least 4 members (excludes halogenated alkanes) is 13. The highest BCUT2D eigenvalue weighted by atomic mass is 16.8. The molecule has 19 heteroatoms. The molecule has 19 nitrogen and oxygen atoms in total. The average molecular weight is 964 g/mol. The molecule has 17 unspecified atom stereocenters. The Hall–Kier alpha value is -1.99. The highest BCUT2D eigenvalue weighted by molar-refractivity contribution is 5.76. The van der Waals surface area contributed by atoms with Crippen molar-refractivity contribution >= 4 is 5.91 Å². The van der Waals surface area contributed by atoms with Crippen LogP contribution < -0.4 is 5.32 Å². The smallest absolute Gasteiger partial charge is 0.220 e. The third kappa shape index (κ3) is 20.0. The summed E-state index contributed by atoms with van der Waals surface area (Å²) in [4.78, 5) is 13.1. The molecule has 17 atom stereocenters. The lowest BCUT2D eigenvalue weighted by Crippen LogP contribution is -2.66. The van der Waals surface area contributed by atoms with Crippen molar-refractivity contribution in [2.24, 2.45) is 0 Å². The van der Waals surface area contributed by atoms with Gasteiger partial charge in [0.1, 0.15) is 73.2 Å². The van der Waals surface area contributed by atoms with Crippen LogP contribution in [0.1, 0.15) is 129 Å². The van der Waals surface area contributed by atoms with Gasteiger partial charge < -0.3 is 89.9 Å². The second-order valence-corrected chi connectivity index (χ2v) is 17.9. The Labute approximate surface area is 396 Å². The zero-order valence-electron chi connectivity index (χ0n) is 39.6. The number of allylic oxidation sites excluding steroid dienone is 5. The van der Waals surface area contributed by atoms with E-state index in [0.717, 1.165) is 57.8 Å². The number of carbonyl (C=O) groups excluding carboxylic acids is 1. The van der Waals surface area contributed by atoms with Gasteiger partial charge >= 0.3 is 0 Å². The molecule has 0 aromatic rings. The number of amides is 1. The summed E-state index contributed by atoms with van der Waals surface area (Å²) in [6.45, 7) is 1.56. The van der Waals surface area contributed by atoms with Crippen LogP contribution in [0, 0.1) is 0 Å². The number of rotatable bonds is 33. The molecule has 3 heterocycles. The third-order valence-corrected chi connectivity index (χ3v) is 12.4. The van der Waals surface area contributed by atoms with Crippen molar-refractivity contribution in [3.63, 3.8) is 0 Å². The van der Waals surface area contributed by atoms with Crippen LogP contribution in [0.3, 0.4) is 0 Å².